The van der Waals surface area contributed by atoms with Crippen molar-refractivity contribution >= 4 is 47.6 Å². The van der Waals surface area contributed by atoms with Crippen LogP contribution in [0, 0.1) is 31.6 Å². The van der Waals surface area contributed by atoms with Crippen LogP contribution in [-0.2, 0) is 32.0 Å². The second kappa shape index (κ2) is 12.8. The molecule has 0 aromatic carbocycles. The number of ketones is 1. The summed E-state index contributed by atoms with van der Waals surface area (Å²) >= 11 is 0. The first-order chi connectivity index (χ1) is 23.1. The lowest BCUT2D eigenvalue weighted by Crippen LogP contribution is -2.25. The van der Waals surface area contributed by atoms with Crippen molar-refractivity contribution in [3.05, 3.63) is 97.5 Å². The second-order valence-electron chi connectivity index (χ2n) is 12.6. The molecule has 0 unspecified atom stereocenters. The van der Waals surface area contributed by atoms with Crippen LogP contribution in [0.15, 0.2) is 30.6 Å². The number of hydrogen-bond donors (Lipinski definition) is 5. The number of H-pyrrole nitrogens is 3. The van der Waals surface area contributed by atoms with Gasteiger partial charge in [-0.3, -0.25) is 14.4 Å². The number of allylic oxidation sites excluding steroid dienone is 2. The largest absolute Gasteiger partial charge is 0.468 e. The maximum Gasteiger partial charge on any atom is 0.321 e. The van der Waals surface area contributed by atoms with Gasteiger partial charge in [0, 0.05) is 80.7 Å². The van der Waals surface area contributed by atoms with Crippen molar-refractivity contribution in [2.45, 2.75) is 53.5 Å². The Morgan fingerprint density at radius 2 is 1.75 bits per heavy atom. The lowest BCUT2D eigenvalue weighted by Gasteiger charge is -2.19. The smallest absolute Gasteiger partial charge is 0.321 e. The number of carbonyl (C=O) groups is 3. The first-order valence-electron chi connectivity index (χ1n) is 16.4. The van der Waals surface area contributed by atoms with Crippen molar-refractivity contribution in [1.29, 1.82) is 0 Å². The number of Topliss-reactive ketones (excluding diaryl/α,β-unsaturated/α-hetero) is 1. The Kier molecular flexibility index (Phi) is 8.78. The average Bonchev–Trinajstić information content (AvgIpc) is 3.82. The van der Waals surface area contributed by atoms with Gasteiger partial charge in [0.25, 0.3) is 0 Å². The predicted molar refractivity (Wildman–Crippen MR) is 187 cm³/mol. The molecule has 1 aliphatic carbocycles. The second-order valence-corrected chi connectivity index (χ2v) is 12.6. The summed E-state index contributed by atoms with van der Waals surface area (Å²) in [7, 11) is 1.29. The molecule has 10 heteroatoms. The fourth-order valence-electron chi connectivity index (χ4n) is 7.61. The molecule has 0 amide bonds. The molecule has 8 bridgehead atoms. The van der Waals surface area contributed by atoms with Gasteiger partial charge in [0.15, 0.2) is 5.78 Å². The zero-order chi connectivity index (χ0) is 34.4. The molecule has 2 aliphatic heterocycles. The number of fused-ring (bicyclic) bond motifs is 7. The van der Waals surface area contributed by atoms with Gasteiger partial charge in [-0.2, -0.15) is 0 Å². The number of nitrogens with two attached hydrogens (primary N) is 1. The molecule has 3 atom stereocenters. The van der Waals surface area contributed by atoms with Gasteiger partial charge >= 0.3 is 11.9 Å². The summed E-state index contributed by atoms with van der Waals surface area (Å²) in [5.74, 6) is -2.82. The molecule has 0 spiro atoms. The number of methoxy groups -OCH3 is 1. The van der Waals surface area contributed by atoms with E-state index in [0.29, 0.717) is 28.9 Å². The molecular formula is C38H43N5O5. The van der Waals surface area contributed by atoms with Gasteiger partial charge < -0.3 is 35.5 Å². The number of aromatic amines is 3. The highest BCUT2D eigenvalue weighted by molar-refractivity contribution is 6.24. The number of ether oxygens (including phenoxy) is 2. The Balaban J connectivity index is 1.68. The molecule has 1 fully saturated rings. The molecule has 6 rings (SSSR count). The summed E-state index contributed by atoms with van der Waals surface area (Å²) in [6.07, 6.45) is 10.9. The Morgan fingerprint density at radius 1 is 1.00 bits per heavy atom. The van der Waals surface area contributed by atoms with E-state index in [4.69, 9.17) is 15.2 Å². The summed E-state index contributed by atoms with van der Waals surface area (Å²) in [5, 5.41) is 5.50. The molecule has 3 aromatic rings. The number of esters is 2. The SMILES string of the molecule is C=CCOC(=O)CC[C@@H]1/C2=C3/c4[nH]c(c(C)c4C(=O)[C@@H]3C(=O)OC)/C=c3\[nH]/c(c(C)c3CC)=C\c3[nH]c(c(CN)c3C=C)/C=C(/N2)[C@H]1C. The zero-order valence-electron chi connectivity index (χ0n) is 28.2. The van der Waals surface area contributed by atoms with Gasteiger partial charge in [-0.25, -0.2) is 0 Å². The van der Waals surface area contributed by atoms with E-state index in [-0.39, 0.29) is 43.2 Å². The summed E-state index contributed by atoms with van der Waals surface area (Å²) in [6, 6.07) is 0. The molecule has 48 heavy (non-hydrogen) atoms. The number of nitrogens with one attached hydrogen (secondary N) is 4. The third kappa shape index (κ3) is 5.20. The molecule has 3 aliphatic rings. The van der Waals surface area contributed by atoms with E-state index < -0.39 is 11.9 Å². The summed E-state index contributed by atoms with van der Waals surface area (Å²) in [6.45, 7) is 16.3. The quantitative estimate of drug-likeness (QED) is 0.133. The van der Waals surface area contributed by atoms with Crippen LogP contribution in [0.3, 0.4) is 0 Å². The first kappa shape index (κ1) is 32.8. The van der Waals surface area contributed by atoms with Gasteiger partial charge in [-0.05, 0) is 67.2 Å². The maximum absolute atomic E-state index is 14.2. The summed E-state index contributed by atoms with van der Waals surface area (Å²) in [5.41, 5.74) is 16.9. The Bertz CT molecular complexity index is 2070. The third-order valence-corrected chi connectivity index (χ3v) is 10.1. The van der Waals surface area contributed by atoms with E-state index in [2.05, 4.69) is 60.3 Å². The van der Waals surface area contributed by atoms with Crippen LogP contribution in [-0.4, -0.2) is 46.4 Å². The van der Waals surface area contributed by atoms with Crippen LogP contribution in [0.4, 0.5) is 0 Å². The highest BCUT2D eigenvalue weighted by Gasteiger charge is 2.48. The van der Waals surface area contributed by atoms with Crippen molar-refractivity contribution in [2.24, 2.45) is 23.5 Å². The van der Waals surface area contributed by atoms with E-state index in [9.17, 15) is 14.4 Å². The lowest BCUT2D eigenvalue weighted by molar-refractivity contribution is -0.143. The molecule has 10 nitrogen and oxygen atoms in total. The molecule has 5 heterocycles. The first-order valence-corrected chi connectivity index (χ1v) is 16.4. The molecule has 1 saturated heterocycles. The van der Waals surface area contributed by atoms with Crippen LogP contribution in [0.1, 0.15) is 87.6 Å². The number of rotatable bonds is 9. The van der Waals surface area contributed by atoms with Gasteiger partial charge in [0.05, 0.1) is 12.8 Å². The highest BCUT2D eigenvalue weighted by Crippen LogP contribution is 2.48. The predicted octanol–water partition coefficient (Wildman–Crippen LogP) is 4.03. The summed E-state index contributed by atoms with van der Waals surface area (Å²) in [4.78, 5) is 51.0. The number of hydrogen-bond acceptors (Lipinski definition) is 7. The summed E-state index contributed by atoms with van der Waals surface area (Å²) < 4.78 is 10.5. The van der Waals surface area contributed by atoms with Crippen LogP contribution in [0.2, 0.25) is 0 Å². The van der Waals surface area contributed by atoms with Gasteiger partial charge in [-0.15, -0.1) is 0 Å². The van der Waals surface area contributed by atoms with E-state index in [1.54, 1.807) is 0 Å². The molecule has 3 aromatic heterocycles. The van der Waals surface area contributed by atoms with Crippen molar-refractivity contribution in [3.63, 3.8) is 0 Å². The van der Waals surface area contributed by atoms with Crippen molar-refractivity contribution in [1.82, 2.24) is 20.3 Å². The Labute approximate surface area is 279 Å². The van der Waals surface area contributed by atoms with Crippen molar-refractivity contribution in [3.8, 4) is 0 Å². The van der Waals surface area contributed by atoms with Gasteiger partial charge in [0.2, 0.25) is 0 Å². The fraction of sp³-hybridized carbons (Fsp3) is 0.342. The average molecular weight is 650 g/mol. The van der Waals surface area contributed by atoms with Crippen LogP contribution < -0.4 is 21.7 Å². The minimum absolute atomic E-state index is 0.122. The fourth-order valence-corrected chi connectivity index (χ4v) is 7.61. The minimum Gasteiger partial charge on any atom is -0.468 e. The van der Waals surface area contributed by atoms with Crippen LogP contribution in [0.25, 0.3) is 29.9 Å². The van der Waals surface area contributed by atoms with Gasteiger partial charge in [0.1, 0.15) is 12.5 Å². The van der Waals surface area contributed by atoms with Crippen molar-refractivity contribution < 1.29 is 23.9 Å². The standard InChI is InChI=1S/C38H43N5O5/c1-8-13-48-31(44)12-11-23-19(5)26-15-30-24(17-39)22(10-3)29(41-30)14-25-18(4)21(9-2)28(40-25)16-27-20(6)32-36(43-27)33(35(23)42-26)34(37(32)45)38(46)47-7/h8,10,14-16,19,23,34,40-43H,1,3,9,11-13,17,39H2,2,4-7H3/b25-14-,26-15+,28-16-,35-33-/t19-,23-,34+/m0/s1. The highest BCUT2D eigenvalue weighted by atomic mass is 16.5. The molecule has 250 valence electrons. The van der Waals surface area contributed by atoms with Crippen molar-refractivity contribution in [2.75, 3.05) is 13.7 Å². The lowest BCUT2D eigenvalue weighted by atomic mass is 9.85. The molecule has 0 radical (unpaired) electrons. The number of aromatic nitrogens is 3. The topological polar surface area (TPSA) is 155 Å². The minimum atomic E-state index is -1.16. The monoisotopic (exact) mass is 649 g/mol. The molecular weight excluding hydrogens is 606 g/mol. The Morgan fingerprint density at radius 3 is 2.42 bits per heavy atom. The Hall–Kier alpha value is -5.09. The van der Waals surface area contributed by atoms with Gasteiger partial charge in [-0.1, -0.05) is 39.2 Å². The molecule has 0 saturated carbocycles. The van der Waals surface area contributed by atoms with E-state index >= 15 is 0 Å². The van der Waals surface area contributed by atoms with E-state index in [1.807, 2.05) is 25.2 Å². The third-order valence-electron chi connectivity index (χ3n) is 10.1. The van der Waals surface area contributed by atoms with Crippen LogP contribution >= 0.6 is 0 Å². The zero-order valence-corrected chi connectivity index (χ0v) is 28.2. The van der Waals surface area contributed by atoms with E-state index in [1.165, 1.54) is 13.2 Å². The number of carbonyl (C=O) groups excluding carboxylic acids is 3. The van der Waals surface area contributed by atoms with Crippen LogP contribution in [0.5, 0.6) is 0 Å². The van der Waals surface area contributed by atoms with E-state index in [0.717, 1.165) is 67.7 Å². The molecule has 6 N–H and O–H groups in total. The maximum atomic E-state index is 14.2. The normalized spacial score (nSPS) is 23.3.